The largest absolute Gasteiger partial charge is 0.508 e. The molecule has 0 radical (unpaired) electrons. The Balaban J connectivity index is 2.31. The van der Waals surface area contributed by atoms with Crippen LogP contribution in [0.4, 0.5) is 5.69 Å². The second-order valence-corrected chi connectivity index (χ2v) is 4.20. The molecule has 0 saturated carbocycles. The molecule has 2 aromatic rings. The first-order valence-electron chi connectivity index (χ1n) is 5.72. The van der Waals surface area contributed by atoms with Gasteiger partial charge in [-0.25, -0.2) is 0 Å². The average molecular weight is 278 g/mol. The smallest absolute Gasteiger partial charge is 0.278 e. The summed E-state index contributed by atoms with van der Waals surface area (Å²) in [7, 11) is 0. The van der Waals surface area contributed by atoms with E-state index >= 15 is 0 Å². The minimum atomic E-state index is -0.294. The highest BCUT2D eigenvalue weighted by Crippen LogP contribution is 2.21. The second-order valence-electron chi connectivity index (χ2n) is 3.81. The van der Waals surface area contributed by atoms with Gasteiger partial charge in [0.2, 0.25) is 0 Å². The molecule has 5 nitrogen and oxygen atoms in total. The van der Waals surface area contributed by atoms with E-state index in [9.17, 15) is 9.90 Å². The molecule has 6 heteroatoms. The lowest BCUT2D eigenvalue weighted by molar-refractivity contribution is 0.0982. The second kappa shape index (κ2) is 5.67. The van der Waals surface area contributed by atoms with E-state index in [2.05, 4.69) is 10.2 Å². The highest BCUT2D eigenvalue weighted by molar-refractivity contribution is 6.29. The standard InChI is InChI=1S/C13H12ClN3O2/c1-2-17(9-4-3-5-10(18)8-9)13(19)11-6-7-12(14)16-15-11/h3-8,18H,2H2,1H3. The van der Waals surface area contributed by atoms with Crippen LogP contribution in [0.15, 0.2) is 36.4 Å². The van der Waals surface area contributed by atoms with Crippen molar-refractivity contribution in [3.63, 3.8) is 0 Å². The zero-order valence-electron chi connectivity index (χ0n) is 10.2. The summed E-state index contributed by atoms with van der Waals surface area (Å²) in [6.45, 7) is 2.29. The van der Waals surface area contributed by atoms with Crippen molar-refractivity contribution in [2.75, 3.05) is 11.4 Å². The van der Waals surface area contributed by atoms with Crippen molar-refractivity contribution in [2.24, 2.45) is 0 Å². The molecule has 0 aliphatic rings. The van der Waals surface area contributed by atoms with Crippen molar-refractivity contribution in [3.05, 3.63) is 47.2 Å². The van der Waals surface area contributed by atoms with E-state index in [4.69, 9.17) is 11.6 Å². The van der Waals surface area contributed by atoms with E-state index in [-0.39, 0.29) is 22.5 Å². The number of aromatic hydroxyl groups is 1. The van der Waals surface area contributed by atoms with Crippen molar-refractivity contribution < 1.29 is 9.90 Å². The Bertz CT molecular complexity index is 587. The number of benzene rings is 1. The number of phenols is 1. The number of halogens is 1. The zero-order valence-corrected chi connectivity index (χ0v) is 11.0. The number of anilines is 1. The van der Waals surface area contributed by atoms with Gasteiger partial charge in [-0.1, -0.05) is 17.7 Å². The molecule has 0 aliphatic heterocycles. The molecule has 1 amide bonds. The van der Waals surface area contributed by atoms with Gasteiger partial charge in [0, 0.05) is 18.3 Å². The molecule has 0 unspecified atom stereocenters. The molecule has 1 heterocycles. The summed E-state index contributed by atoms with van der Waals surface area (Å²) in [5.41, 5.74) is 0.804. The number of hydrogen-bond donors (Lipinski definition) is 1. The number of amides is 1. The quantitative estimate of drug-likeness (QED) is 0.936. The molecule has 1 aromatic heterocycles. The van der Waals surface area contributed by atoms with Crippen molar-refractivity contribution >= 4 is 23.2 Å². The van der Waals surface area contributed by atoms with E-state index in [1.54, 1.807) is 18.2 Å². The van der Waals surface area contributed by atoms with Crippen LogP contribution < -0.4 is 4.90 Å². The number of hydrogen-bond acceptors (Lipinski definition) is 4. The lowest BCUT2D eigenvalue weighted by atomic mass is 10.2. The van der Waals surface area contributed by atoms with Gasteiger partial charge >= 0.3 is 0 Å². The van der Waals surface area contributed by atoms with Gasteiger partial charge in [0.1, 0.15) is 5.75 Å². The maximum absolute atomic E-state index is 12.3. The number of nitrogens with zero attached hydrogens (tertiary/aromatic N) is 3. The van der Waals surface area contributed by atoms with Crippen LogP contribution in [0.1, 0.15) is 17.4 Å². The van der Waals surface area contributed by atoms with Crippen LogP contribution >= 0.6 is 11.6 Å². The van der Waals surface area contributed by atoms with Crippen LogP contribution in [0.2, 0.25) is 5.15 Å². The summed E-state index contributed by atoms with van der Waals surface area (Å²) >= 11 is 5.64. The number of phenolic OH excluding ortho intramolecular Hbond substituents is 1. The summed E-state index contributed by atoms with van der Waals surface area (Å²) in [5.74, 6) is -0.191. The molecular formula is C13H12ClN3O2. The summed E-state index contributed by atoms with van der Waals surface area (Å²) < 4.78 is 0. The minimum Gasteiger partial charge on any atom is -0.508 e. The molecule has 1 N–H and O–H groups in total. The molecule has 2 rings (SSSR count). The summed E-state index contributed by atoms with van der Waals surface area (Å²) in [6.07, 6.45) is 0. The zero-order chi connectivity index (χ0) is 13.8. The highest BCUT2D eigenvalue weighted by Gasteiger charge is 2.18. The Labute approximate surface area is 115 Å². The topological polar surface area (TPSA) is 66.3 Å². The molecule has 0 saturated heterocycles. The fraction of sp³-hybridized carbons (Fsp3) is 0.154. The Hall–Kier alpha value is -2.14. The van der Waals surface area contributed by atoms with Crippen LogP contribution in [0.3, 0.4) is 0 Å². The Morgan fingerprint density at radius 2 is 2.11 bits per heavy atom. The predicted octanol–water partition coefficient (Wildman–Crippen LogP) is 2.50. The fourth-order valence-electron chi connectivity index (χ4n) is 1.67. The third-order valence-electron chi connectivity index (χ3n) is 2.55. The third-order valence-corrected chi connectivity index (χ3v) is 2.76. The normalized spacial score (nSPS) is 10.2. The van der Waals surface area contributed by atoms with E-state index < -0.39 is 0 Å². The molecule has 98 valence electrons. The van der Waals surface area contributed by atoms with Gasteiger partial charge in [-0.3, -0.25) is 4.79 Å². The molecule has 0 atom stereocenters. The molecule has 0 aliphatic carbocycles. The highest BCUT2D eigenvalue weighted by atomic mass is 35.5. The summed E-state index contributed by atoms with van der Waals surface area (Å²) in [6, 6.07) is 9.51. The van der Waals surface area contributed by atoms with Crippen LogP contribution in [0.25, 0.3) is 0 Å². The molecule has 0 spiro atoms. The van der Waals surface area contributed by atoms with Gasteiger partial charge in [0.05, 0.1) is 0 Å². The van der Waals surface area contributed by atoms with Gasteiger partial charge in [0.25, 0.3) is 5.91 Å². The van der Waals surface area contributed by atoms with E-state index in [1.165, 1.54) is 23.1 Å². The molecule has 0 bridgehead atoms. The molecule has 19 heavy (non-hydrogen) atoms. The number of carbonyl (C=O) groups excluding carboxylic acids is 1. The Morgan fingerprint density at radius 1 is 1.32 bits per heavy atom. The summed E-state index contributed by atoms with van der Waals surface area (Å²) in [4.78, 5) is 13.8. The van der Waals surface area contributed by atoms with E-state index in [0.29, 0.717) is 12.2 Å². The van der Waals surface area contributed by atoms with Crippen LogP contribution in [-0.4, -0.2) is 27.8 Å². The maximum atomic E-state index is 12.3. The SMILES string of the molecule is CCN(C(=O)c1ccc(Cl)nn1)c1cccc(O)c1. The van der Waals surface area contributed by atoms with Crippen molar-refractivity contribution in [2.45, 2.75) is 6.92 Å². The van der Waals surface area contributed by atoms with Crippen molar-refractivity contribution in [3.8, 4) is 5.75 Å². The lowest BCUT2D eigenvalue weighted by Crippen LogP contribution is -2.31. The number of rotatable bonds is 3. The first-order valence-corrected chi connectivity index (χ1v) is 6.09. The van der Waals surface area contributed by atoms with Crippen LogP contribution in [0.5, 0.6) is 5.75 Å². The van der Waals surface area contributed by atoms with Crippen molar-refractivity contribution in [1.82, 2.24) is 10.2 Å². The monoisotopic (exact) mass is 277 g/mol. The van der Waals surface area contributed by atoms with E-state index in [1.807, 2.05) is 6.92 Å². The van der Waals surface area contributed by atoms with E-state index in [0.717, 1.165) is 0 Å². The third kappa shape index (κ3) is 3.00. The molecular weight excluding hydrogens is 266 g/mol. The fourth-order valence-corrected chi connectivity index (χ4v) is 1.77. The number of carbonyl (C=O) groups is 1. The maximum Gasteiger partial charge on any atom is 0.278 e. The first-order chi connectivity index (χ1) is 9.11. The Morgan fingerprint density at radius 3 is 2.68 bits per heavy atom. The van der Waals surface area contributed by atoms with Crippen LogP contribution in [-0.2, 0) is 0 Å². The summed E-state index contributed by atoms with van der Waals surface area (Å²) in [5, 5.41) is 17.1. The van der Waals surface area contributed by atoms with Gasteiger partial charge in [-0.15, -0.1) is 10.2 Å². The van der Waals surface area contributed by atoms with Gasteiger partial charge in [0.15, 0.2) is 10.8 Å². The first kappa shape index (κ1) is 13.3. The predicted molar refractivity (Wildman–Crippen MR) is 72.5 cm³/mol. The number of aromatic nitrogens is 2. The van der Waals surface area contributed by atoms with Gasteiger partial charge in [-0.05, 0) is 31.2 Å². The van der Waals surface area contributed by atoms with Gasteiger partial charge in [-0.2, -0.15) is 0 Å². The van der Waals surface area contributed by atoms with Crippen molar-refractivity contribution in [1.29, 1.82) is 0 Å². The molecule has 1 aromatic carbocycles. The lowest BCUT2D eigenvalue weighted by Gasteiger charge is -2.20. The van der Waals surface area contributed by atoms with Gasteiger partial charge < -0.3 is 10.0 Å². The van der Waals surface area contributed by atoms with Crippen LogP contribution in [0, 0.1) is 0 Å². The Kier molecular flexibility index (Phi) is 3.97. The minimum absolute atomic E-state index is 0.103. The average Bonchev–Trinajstić information content (AvgIpc) is 2.40. The molecule has 0 fully saturated rings.